The quantitative estimate of drug-likeness (QED) is 0.762. The van der Waals surface area contributed by atoms with Crippen molar-refractivity contribution in [1.82, 2.24) is 15.0 Å². The Bertz CT molecular complexity index is 428. The number of hydrogen-bond acceptors (Lipinski definition) is 2. The minimum Gasteiger partial charge on any atom is -0.248 e. The molecule has 0 aliphatic heterocycles. The largest absolute Gasteiger partial charge is 0.248 e. The number of benzene rings is 1. The number of rotatable bonds is 2. The summed E-state index contributed by atoms with van der Waals surface area (Å²) in [5.41, 5.74) is 0.818. The van der Waals surface area contributed by atoms with Crippen molar-refractivity contribution in [1.29, 1.82) is 0 Å². The van der Waals surface area contributed by atoms with E-state index in [4.69, 9.17) is 11.6 Å². The molecule has 1 aromatic carbocycles. The summed E-state index contributed by atoms with van der Waals surface area (Å²) in [6.45, 7) is 0.499. The Labute approximate surface area is 85.1 Å². The van der Waals surface area contributed by atoms with Gasteiger partial charge in [0.05, 0.1) is 12.7 Å². The number of halogens is 2. The van der Waals surface area contributed by atoms with Crippen molar-refractivity contribution in [3.8, 4) is 0 Å². The first-order valence-corrected chi connectivity index (χ1v) is 4.41. The fraction of sp³-hybridized carbons (Fsp3) is 0.111. The van der Waals surface area contributed by atoms with Crippen LogP contribution in [-0.4, -0.2) is 15.0 Å². The van der Waals surface area contributed by atoms with Gasteiger partial charge in [0.15, 0.2) is 0 Å². The highest BCUT2D eigenvalue weighted by Gasteiger charge is 2.02. The van der Waals surface area contributed by atoms with Crippen LogP contribution in [0.15, 0.2) is 30.6 Å². The first-order valence-electron chi connectivity index (χ1n) is 4.04. The van der Waals surface area contributed by atoms with E-state index in [1.54, 1.807) is 23.1 Å². The first kappa shape index (κ1) is 9.15. The molecule has 14 heavy (non-hydrogen) atoms. The van der Waals surface area contributed by atoms with Crippen LogP contribution in [0.25, 0.3) is 0 Å². The Hall–Kier alpha value is -1.42. The monoisotopic (exact) mass is 211 g/mol. The molecule has 3 nitrogen and oxygen atoms in total. The van der Waals surface area contributed by atoms with Gasteiger partial charge in [-0.3, -0.25) is 0 Å². The lowest BCUT2D eigenvalue weighted by Crippen LogP contribution is -2.01. The molecule has 0 spiro atoms. The molecule has 0 bridgehead atoms. The minimum absolute atomic E-state index is 0.336. The fourth-order valence-corrected chi connectivity index (χ4v) is 1.37. The van der Waals surface area contributed by atoms with Crippen molar-refractivity contribution in [3.05, 3.63) is 47.0 Å². The maximum Gasteiger partial charge on any atom is 0.124 e. The molecule has 1 heterocycles. The molecule has 1 aromatic heterocycles. The second kappa shape index (κ2) is 3.75. The first-order chi connectivity index (χ1) is 6.75. The summed E-state index contributed by atoms with van der Waals surface area (Å²) in [7, 11) is 0. The Balaban J connectivity index is 2.25. The maximum absolute atomic E-state index is 12.7. The lowest BCUT2D eigenvalue weighted by molar-refractivity contribution is 0.621. The van der Waals surface area contributed by atoms with Crippen LogP contribution < -0.4 is 0 Å². The van der Waals surface area contributed by atoms with E-state index in [0.717, 1.165) is 5.56 Å². The zero-order chi connectivity index (χ0) is 9.97. The number of nitrogens with zero attached hydrogens (tertiary/aromatic N) is 3. The SMILES string of the molecule is Fc1ccc(Cn2ccnn2)c(Cl)c1. The van der Waals surface area contributed by atoms with E-state index in [9.17, 15) is 4.39 Å². The molecule has 0 saturated carbocycles. The van der Waals surface area contributed by atoms with Crippen molar-refractivity contribution in [2.45, 2.75) is 6.54 Å². The van der Waals surface area contributed by atoms with Crippen molar-refractivity contribution in [2.24, 2.45) is 0 Å². The van der Waals surface area contributed by atoms with Crippen LogP contribution in [0.3, 0.4) is 0 Å². The Morgan fingerprint density at radius 3 is 2.93 bits per heavy atom. The molecular weight excluding hydrogens is 205 g/mol. The van der Waals surface area contributed by atoms with Gasteiger partial charge in [-0.05, 0) is 17.7 Å². The van der Waals surface area contributed by atoms with E-state index in [1.807, 2.05) is 0 Å². The summed E-state index contributed by atoms with van der Waals surface area (Å²) < 4.78 is 14.3. The standard InChI is InChI=1S/C9H7ClFN3/c10-9-5-8(11)2-1-7(9)6-14-4-3-12-13-14/h1-5H,6H2. The van der Waals surface area contributed by atoms with Gasteiger partial charge in [-0.1, -0.05) is 22.9 Å². The van der Waals surface area contributed by atoms with Crippen LogP contribution >= 0.6 is 11.6 Å². The minimum atomic E-state index is -0.336. The zero-order valence-corrected chi connectivity index (χ0v) is 7.95. The van der Waals surface area contributed by atoms with E-state index in [2.05, 4.69) is 10.3 Å². The highest BCUT2D eigenvalue weighted by atomic mass is 35.5. The van der Waals surface area contributed by atoms with Crippen LogP contribution in [0.1, 0.15) is 5.56 Å². The maximum atomic E-state index is 12.7. The molecule has 72 valence electrons. The highest BCUT2D eigenvalue weighted by molar-refractivity contribution is 6.31. The summed E-state index contributed by atoms with van der Waals surface area (Å²) in [6, 6.07) is 4.30. The van der Waals surface area contributed by atoms with Gasteiger partial charge in [-0.15, -0.1) is 5.10 Å². The van der Waals surface area contributed by atoms with Gasteiger partial charge in [0.1, 0.15) is 5.82 Å². The van der Waals surface area contributed by atoms with E-state index < -0.39 is 0 Å². The lowest BCUT2D eigenvalue weighted by atomic mass is 10.2. The smallest absolute Gasteiger partial charge is 0.124 e. The van der Waals surface area contributed by atoms with Gasteiger partial charge in [0.2, 0.25) is 0 Å². The fourth-order valence-electron chi connectivity index (χ4n) is 1.14. The van der Waals surface area contributed by atoms with Gasteiger partial charge < -0.3 is 0 Å². The number of aromatic nitrogens is 3. The molecule has 0 radical (unpaired) electrons. The predicted molar refractivity (Wildman–Crippen MR) is 50.5 cm³/mol. The summed E-state index contributed by atoms with van der Waals surface area (Å²) >= 11 is 5.84. The lowest BCUT2D eigenvalue weighted by Gasteiger charge is -2.03. The third-order valence-corrected chi connectivity index (χ3v) is 2.17. The summed E-state index contributed by atoms with van der Waals surface area (Å²) in [4.78, 5) is 0. The van der Waals surface area contributed by atoms with Gasteiger partial charge >= 0.3 is 0 Å². The molecule has 0 amide bonds. The van der Waals surface area contributed by atoms with Crippen molar-refractivity contribution in [3.63, 3.8) is 0 Å². The topological polar surface area (TPSA) is 30.7 Å². The summed E-state index contributed by atoms with van der Waals surface area (Å²) in [5, 5.41) is 7.85. The summed E-state index contributed by atoms with van der Waals surface area (Å²) in [6.07, 6.45) is 3.30. The van der Waals surface area contributed by atoms with Crippen molar-refractivity contribution >= 4 is 11.6 Å². The van der Waals surface area contributed by atoms with Crippen LogP contribution in [0, 0.1) is 5.82 Å². The van der Waals surface area contributed by atoms with Gasteiger partial charge in [-0.25, -0.2) is 9.07 Å². The zero-order valence-electron chi connectivity index (χ0n) is 7.19. The average molecular weight is 212 g/mol. The van der Waals surface area contributed by atoms with Gasteiger partial charge in [-0.2, -0.15) is 0 Å². The van der Waals surface area contributed by atoms with Gasteiger partial charge in [0, 0.05) is 11.2 Å². The Morgan fingerprint density at radius 2 is 2.29 bits per heavy atom. The van der Waals surface area contributed by atoms with Crippen LogP contribution in [-0.2, 0) is 6.54 Å². The molecule has 0 saturated heterocycles. The normalized spacial score (nSPS) is 10.4. The molecule has 0 aliphatic carbocycles. The summed E-state index contributed by atoms with van der Waals surface area (Å²) in [5.74, 6) is -0.336. The highest BCUT2D eigenvalue weighted by Crippen LogP contribution is 2.17. The predicted octanol–water partition coefficient (Wildman–Crippen LogP) is 2.12. The van der Waals surface area contributed by atoms with E-state index in [-0.39, 0.29) is 5.82 Å². The van der Waals surface area contributed by atoms with E-state index in [0.29, 0.717) is 11.6 Å². The molecule has 2 aromatic rings. The second-order valence-electron chi connectivity index (χ2n) is 2.84. The molecule has 0 fully saturated rings. The van der Waals surface area contributed by atoms with E-state index in [1.165, 1.54) is 12.1 Å². The molecular formula is C9H7ClFN3. The van der Waals surface area contributed by atoms with Crippen LogP contribution in [0.4, 0.5) is 4.39 Å². The molecule has 5 heteroatoms. The average Bonchev–Trinajstić information content (AvgIpc) is 2.62. The third kappa shape index (κ3) is 1.90. The number of hydrogen-bond donors (Lipinski definition) is 0. The molecule has 0 unspecified atom stereocenters. The van der Waals surface area contributed by atoms with E-state index >= 15 is 0 Å². The third-order valence-electron chi connectivity index (χ3n) is 1.82. The Morgan fingerprint density at radius 1 is 1.43 bits per heavy atom. The molecule has 0 aliphatic rings. The van der Waals surface area contributed by atoms with Gasteiger partial charge in [0.25, 0.3) is 0 Å². The molecule has 2 rings (SSSR count). The molecule has 0 N–H and O–H groups in total. The molecule has 0 atom stereocenters. The van der Waals surface area contributed by atoms with Crippen molar-refractivity contribution in [2.75, 3.05) is 0 Å². The van der Waals surface area contributed by atoms with Crippen LogP contribution in [0.2, 0.25) is 5.02 Å². The van der Waals surface area contributed by atoms with Crippen LogP contribution in [0.5, 0.6) is 0 Å². The Kier molecular flexibility index (Phi) is 2.45. The van der Waals surface area contributed by atoms with Crippen molar-refractivity contribution < 1.29 is 4.39 Å². The second-order valence-corrected chi connectivity index (χ2v) is 3.24.